The third-order valence-electron chi connectivity index (χ3n) is 3.83. The molecule has 21 heavy (non-hydrogen) atoms. The number of unbranched alkanes of at least 4 members (excludes halogenated alkanes) is 2. The molecule has 112 valence electrons. The summed E-state index contributed by atoms with van der Waals surface area (Å²) in [5.41, 5.74) is 7.93. The quantitative estimate of drug-likeness (QED) is 0.567. The van der Waals surface area contributed by atoms with Gasteiger partial charge in [-0.05, 0) is 30.9 Å². The van der Waals surface area contributed by atoms with E-state index in [1.54, 1.807) is 0 Å². The lowest BCUT2D eigenvalue weighted by Gasteiger charge is -2.18. The van der Waals surface area contributed by atoms with Gasteiger partial charge in [-0.2, -0.15) is 0 Å². The standard InChI is InChI=1S/C18H24N2S/c1-3-4-5-8-13(2)20-17-12-11-16(18(19)21)14-9-6-7-10-15(14)17/h6-7,9-13,20H,3-5,8H2,1-2H3,(H2,19,21). The summed E-state index contributed by atoms with van der Waals surface area (Å²) in [6, 6.07) is 12.9. The van der Waals surface area contributed by atoms with Gasteiger partial charge in [0, 0.05) is 22.7 Å². The lowest BCUT2D eigenvalue weighted by molar-refractivity contribution is 0.615. The fraction of sp³-hybridized carbons (Fsp3) is 0.389. The fourth-order valence-corrected chi connectivity index (χ4v) is 2.86. The average molecular weight is 300 g/mol. The molecule has 0 spiro atoms. The van der Waals surface area contributed by atoms with Crippen LogP contribution in [0, 0.1) is 0 Å². The minimum absolute atomic E-state index is 0.453. The van der Waals surface area contributed by atoms with Crippen molar-refractivity contribution < 1.29 is 0 Å². The monoisotopic (exact) mass is 300 g/mol. The molecular weight excluding hydrogens is 276 g/mol. The lowest BCUT2D eigenvalue weighted by atomic mass is 10.0. The van der Waals surface area contributed by atoms with Crippen molar-refractivity contribution >= 4 is 33.7 Å². The van der Waals surface area contributed by atoms with Gasteiger partial charge in [0.25, 0.3) is 0 Å². The maximum atomic E-state index is 5.82. The van der Waals surface area contributed by atoms with Crippen LogP contribution in [0.4, 0.5) is 5.69 Å². The van der Waals surface area contributed by atoms with E-state index in [2.05, 4.69) is 43.4 Å². The molecule has 0 aromatic heterocycles. The van der Waals surface area contributed by atoms with Crippen LogP contribution in [0.25, 0.3) is 10.8 Å². The van der Waals surface area contributed by atoms with Crippen LogP contribution in [0.15, 0.2) is 36.4 Å². The molecule has 2 rings (SSSR count). The summed E-state index contributed by atoms with van der Waals surface area (Å²) >= 11 is 5.15. The molecule has 0 aliphatic rings. The van der Waals surface area contributed by atoms with Crippen molar-refractivity contribution in [3.8, 4) is 0 Å². The lowest BCUT2D eigenvalue weighted by Crippen LogP contribution is -2.16. The number of hydrogen-bond acceptors (Lipinski definition) is 2. The van der Waals surface area contributed by atoms with Crippen molar-refractivity contribution in [1.82, 2.24) is 0 Å². The van der Waals surface area contributed by atoms with Gasteiger partial charge in [0.2, 0.25) is 0 Å². The van der Waals surface area contributed by atoms with Gasteiger partial charge in [0.05, 0.1) is 0 Å². The highest BCUT2D eigenvalue weighted by Gasteiger charge is 2.09. The number of thiocarbonyl (C=S) groups is 1. The summed E-state index contributed by atoms with van der Waals surface area (Å²) in [4.78, 5) is 0.453. The number of fused-ring (bicyclic) bond motifs is 1. The van der Waals surface area contributed by atoms with Gasteiger partial charge in [0.15, 0.2) is 0 Å². The summed E-state index contributed by atoms with van der Waals surface area (Å²) in [5, 5.41) is 5.93. The van der Waals surface area contributed by atoms with E-state index in [4.69, 9.17) is 18.0 Å². The van der Waals surface area contributed by atoms with Crippen LogP contribution in [0.3, 0.4) is 0 Å². The molecule has 0 radical (unpaired) electrons. The first-order chi connectivity index (χ1) is 10.1. The van der Waals surface area contributed by atoms with Crippen molar-refractivity contribution in [2.45, 2.75) is 45.6 Å². The van der Waals surface area contributed by atoms with Crippen molar-refractivity contribution in [2.24, 2.45) is 5.73 Å². The molecule has 0 saturated heterocycles. The summed E-state index contributed by atoms with van der Waals surface area (Å²) in [7, 11) is 0. The minimum atomic E-state index is 0.453. The van der Waals surface area contributed by atoms with E-state index in [9.17, 15) is 0 Å². The minimum Gasteiger partial charge on any atom is -0.389 e. The smallest absolute Gasteiger partial charge is 0.104 e. The number of nitrogens with one attached hydrogen (secondary N) is 1. The van der Waals surface area contributed by atoms with E-state index in [0.717, 1.165) is 16.6 Å². The molecular formula is C18H24N2S. The Hall–Kier alpha value is -1.61. The first-order valence-corrected chi connectivity index (χ1v) is 8.12. The van der Waals surface area contributed by atoms with Gasteiger partial charge in [-0.15, -0.1) is 0 Å². The predicted octanol–water partition coefficient (Wildman–Crippen LogP) is 4.85. The third-order valence-corrected chi connectivity index (χ3v) is 4.05. The number of nitrogens with two attached hydrogens (primary N) is 1. The van der Waals surface area contributed by atoms with Crippen molar-refractivity contribution in [3.63, 3.8) is 0 Å². The number of anilines is 1. The van der Waals surface area contributed by atoms with Crippen molar-refractivity contribution in [1.29, 1.82) is 0 Å². The summed E-state index contributed by atoms with van der Waals surface area (Å²) in [6.07, 6.45) is 5.03. The van der Waals surface area contributed by atoms with E-state index >= 15 is 0 Å². The second-order valence-corrected chi connectivity index (χ2v) is 6.05. The summed E-state index contributed by atoms with van der Waals surface area (Å²) in [6.45, 7) is 4.48. The number of benzene rings is 2. The topological polar surface area (TPSA) is 38.0 Å². The van der Waals surface area contributed by atoms with Gasteiger partial charge in [0.1, 0.15) is 4.99 Å². The largest absolute Gasteiger partial charge is 0.389 e. The van der Waals surface area contributed by atoms with E-state index in [1.807, 2.05) is 12.1 Å². The van der Waals surface area contributed by atoms with Crippen molar-refractivity contribution in [2.75, 3.05) is 5.32 Å². The van der Waals surface area contributed by atoms with E-state index in [0.29, 0.717) is 11.0 Å². The van der Waals surface area contributed by atoms with Crippen LogP contribution < -0.4 is 11.1 Å². The molecule has 3 heteroatoms. The second-order valence-electron chi connectivity index (χ2n) is 5.61. The predicted molar refractivity (Wildman–Crippen MR) is 97.1 cm³/mol. The molecule has 0 heterocycles. The van der Waals surface area contributed by atoms with Crippen LogP contribution >= 0.6 is 12.2 Å². The molecule has 0 aliphatic carbocycles. The molecule has 0 amide bonds. The van der Waals surface area contributed by atoms with Gasteiger partial charge in [-0.25, -0.2) is 0 Å². The fourth-order valence-electron chi connectivity index (χ4n) is 2.68. The van der Waals surface area contributed by atoms with Gasteiger partial charge in [-0.3, -0.25) is 0 Å². The molecule has 1 unspecified atom stereocenters. The second kappa shape index (κ2) is 7.41. The normalized spacial score (nSPS) is 12.3. The Balaban J connectivity index is 2.25. The maximum Gasteiger partial charge on any atom is 0.104 e. The first-order valence-electron chi connectivity index (χ1n) is 7.71. The molecule has 0 saturated carbocycles. The van der Waals surface area contributed by atoms with Crippen LogP contribution in [0.1, 0.15) is 45.1 Å². The van der Waals surface area contributed by atoms with E-state index in [1.165, 1.54) is 31.1 Å². The van der Waals surface area contributed by atoms with Crippen molar-refractivity contribution in [3.05, 3.63) is 42.0 Å². The average Bonchev–Trinajstić information content (AvgIpc) is 2.47. The highest BCUT2D eigenvalue weighted by atomic mass is 32.1. The van der Waals surface area contributed by atoms with Crippen LogP contribution in [-0.2, 0) is 0 Å². The Morgan fingerprint density at radius 2 is 1.86 bits per heavy atom. The van der Waals surface area contributed by atoms with Crippen LogP contribution in [-0.4, -0.2) is 11.0 Å². The van der Waals surface area contributed by atoms with E-state index < -0.39 is 0 Å². The molecule has 1 atom stereocenters. The zero-order valence-electron chi connectivity index (χ0n) is 12.9. The first kappa shape index (κ1) is 15.8. The Kier molecular flexibility index (Phi) is 5.57. The Bertz CT molecular complexity index is 622. The molecule has 0 fully saturated rings. The SMILES string of the molecule is CCCCCC(C)Nc1ccc(C(N)=S)c2ccccc12. The molecule has 2 nitrogen and oxygen atoms in total. The Morgan fingerprint density at radius 1 is 1.14 bits per heavy atom. The summed E-state index contributed by atoms with van der Waals surface area (Å²) in [5.74, 6) is 0. The zero-order chi connectivity index (χ0) is 15.2. The third kappa shape index (κ3) is 3.94. The molecule has 0 aliphatic heterocycles. The number of hydrogen-bond donors (Lipinski definition) is 2. The van der Waals surface area contributed by atoms with Gasteiger partial charge in [-0.1, -0.05) is 62.7 Å². The van der Waals surface area contributed by atoms with Crippen LogP contribution in [0.5, 0.6) is 0 Å². The molecule has 2 aromatic carbocycles. The summed E-state index contributed by atoms with van der Waals surface area (Å²) < 4.78 is 0. The molecule has 2 aromatic rings. The number of rotatable bonds is 7. The van der Waals surface area contributed by atoms with Gasteiger partial charge < -0.3 is 11.1 Å². The molecule has 0 bridgehead atoms. The van der Waals surface area contributed by atoms with Gasteiger partial charge >= 0.3 is 0 Å². The zero-order valence-corrected chi connectivity index (χ0v) is 13.7. The van der Waals surface area contributed by atoms with Crippen LogP contribution in [0.2, 0.25) is 0 Å². The highest BCUT2D eigenvalue weighted by molar-refractivity contribution is 7.80. The maximum absolute atomic E-state index is 5.82. The van der Waals surface area contributed by atoms with E-state index in [-0.39, 0.29) is 0 Å². The highest BCUT2D eigenvalue weighted by Crippen LogP contribution is 2.27. The Labute approximate surface area is 132 Å². The molecule has 3 N–H and O–H groups in total. The Morgan fingerprint density at radius 3 is 2.52 bits per heavy atom.